The summed E-state index contributed by atoms with van der Waals surface area (Å²) in [6.45, 7) is 1.93. The van der Waals surface area contributed by atoms with Crippen molar-refractivity contribution in [3.63, 3.8) is 0 Å². The van der Waals surface area contributed by atoms with E-state index in [0.717, 1.165) is 0 Å². The number of rotatable bonds is 3. The molecular weight excluding hydrogens is 190 g/mol. The molecule has 1 unspecified atom stereocenters. The summed E-state index contributed by atoms with van der Waals surface area (Å²) in [5.74, 6) is 0.864. The largest absolute Gasteiger partial charge is 0.351 e. The fourth-order valence-electron chi connectivity index (χ4n) is 0.908. The van der Waals surface area contributed by atoms with Crippen LogP contribution in [0.15, 0.2) is 17.2 Å². The zero-order valence-corrected chi connectivity index (χ0v) is 8.38. The predicted octanol–water partition coefficient (Wildman–Crippen LogP) is 0.833. The van der Waals surface area contributed by atoms with Crippen molar-refractivity contribution in [3.05, 3.63) is 22.7 Å². The molecule has 0 aromatic carbocycles. The summed E-state index contributed by atoms with van der Waals surface area (Å²) in [6.07, 6.45) is 3.05. The van der Waals surface area contributed by atoms with Gasteiger partial charge in [0.1, 0.15) is 0 Å². The summed E-state index contributed by atoms with van der Waals surface area (Å²) >= 11 is 5.67. The summed E-state index contributed by atoms with van der Waals surface area (Å²) in [6, 6.07) is 0.0951. The average molecular weight is 202 g/mol. The van der Waals surface area contributed by atoms with Gasteiger partial charge in [-0.2, -0.15) is 0 Å². The highest BCUT2D eigenvalue weighted by Gasteiger charge is 2.12. The lowest BCUT2D eigenvalue weighted by Crippen LogP contribution is -2.35. The van der Waals surface area contributed by atoms with Crippen LogP contribution in [0.1, 0.15) is 6.92 Å². The fourth-order valence-corrected chi connectivity index (χ4v) is 1.11. The second-order valence-electron chi connectivity index (χ2n) is 2.86. The minimum absolute atomic E-state index is 0.0951. The SMILES string of the molecule is CC(CCl)N(C)c1ncc[nH]c1=O. The van der Waals surface area contributed by atoms with Crippen molar-refractivity contribution in [1.82, 2.24) is 9.97 Å². The van der Waals surface area contributed by atoms with Gasteiger partial charge in [-0.15, -0.1) is 11.6 Å². The highest BCUT2D eigenvalue weighted by Crippen LogP contribution is 2.05. The monoisotopic (exact) mass is 201 g/mol. The maximum atomic E-state index is 11.3. The summed E-state index contributed by atoms with van der Waals surface area (Å²) in [5, 5.41) is 0. The van der Waals surface area contributed by atoms with Gasteiger partial charge in [0.05, 0.1) is 0 Å². The van der Waals surface area contributed by atoms with E-state index in [1.165, 1.54) is 6.20 Å². The smallest absolute Gasteiger partial charge is 0.290 e. The van der Waals surface area contributed by atoms with Gasteiger partial charge in [-0.1, -0.05) is 0 Å². The predicted molar refractivity (Wildman–Crippen MR) is 53.4 cm³/mol. The molecule has 0 aliphatic heterocycles. The topological polar surface area (TPSA) is 49.0 Å². The Balaban J connectivity index is 2.95. The van der Waals surface area contributed by atoms with Crippen LogP contribution in [-0.2, 0) is 0 Å². The zero-order chi connectivity index (χ0) is 9.84. The molecule has 0 saturated heterocycles. The number of aromatic amines is 1. The molecule has 0 amide bonds. The van der Waals surface area contributed by atoms with E-state index in [-0.39, 0.29) is 11.6 Å². The third-order valence-corrected chi connectivity index (χ3v) is 2.35. The van der Waals surface area contributed by atoms with E-state index in [4.69, 9.17) is 11.6 Å². The Morgan fingerprint density at radius 1 is 1.77 bits per heavy atom. The standard InChI is InChI=1S/C8H12ClN3O/c1-6(5-9)12(2)7-8(13)11-4-3-10-7/h3-4,6H,5H2,1-2H3,(H,11,13). The highest BCUT2D eigenvalue weighted by atomic mass is 35.5. The number of halogens is 1. The molecule has 0 radical (unpaired) electrons. The van der Waals surface area contributed by atoms with Crippen LogP contribution in [0.5, 0.6) is 0 Å². The van der Waals surface area contributed by atoms with Crippen LogP contribution in [0.25, 0.3) is 0 Å². The van der Waals surface area contributed by atoms with Crippen molar-refractivity contribution in [2.75, 3.05) is 17.8 Å². The first-order valence-electron chi connectivity index (χ1n) is 3.99. The Bertz CT molecular complexity index is 325. The Kier molecular flexibility index (Phi) is 3.31. The Morgan fingerprint density at radius 3 is 3.00 bits per heavy atom. The van der Waals surface area contributed by atoms with Crippen molar-refractivity contribution in [2.24, 2.45) is 0 Å². The van der Waals surface area contributed by atoms with Crippen molar-refractivity contribution in [3.8, 4) is 0 Å². The lowest BCUT2D eigenvalue weighted by Gasteiger charge is -2.22. The van der Waals surface area contributed by atoms with Crippen LogP contribution < -0.4 is 10.5 Å². The number of H-pyrrole nitrogens is 1. The van der Waals surface area contributed by atoms with Gasteiger partial charge in [0.25, 0.3) is 5.56 Å². The molecule has 0 bridgehead atoms. The van der Waals surface area contributed by atoms with E-state index in [0.29, 0.717) is 11.7 Å². The van der Waals surface area contributed by atoms with Crippen LogP contribution in [0.3, 0.4) is 0 Å². The van der Waals surface area contributed by atoms with Gasteiger partial charge in [0.15, 0.2) is 5.82 Å². The van der Waals surface area contributed by atoms with Crippen LogP contribution >= 0.6 is 11.6 Å². The van der Waals surface area contributed by atoms with E-state index < -0.39 is 0 Å². The van der Waals surface area contributed by atoms with Gasteiger partial charge >= 0.3 is 0 Å². The average Bonchev–Trinajstić information content (AvgIpc) is 2.16. The van der Waals surface area contributed by atoms with E-state index in [9.17, 15) is 4.79 Å². The molecule has 0 saturated carbocycles. The highest BCUT2D eigenvalue weighted by molar-refractivity contribution is 6.18. The minimum Gasteiger partial charge on any atom is -0.351 e. The van der Waals surface area contributed by atoms with Crippen LogP contribution in [0.2, 0.25) is 0 Å². The minimum atomic E-state index is -0.193. The second kappa shape index (κ2) is 4.28. The number of nitrogens with one attached hydrogen (secondary N) is 1. The number of hydrogen-bond acceptors (Lipinski definition) is 3. The number of nitrogens with zero attached hydrogens (tertiary/aromatic N) is 2. The van der Waals surface area contributed by atoms with E-state index in [2.05, 4.69) is 9.97 Å². The Hall–Kier alpha value is -1.03. The molecule has 4 nitrogen and oxygen atoms in total. The molecule has 1 aromatic rings. The molecule has 1 heterocycles. The van der Waals surface area contributed by atoms with E-state index in [1.807, 2.05) is 6.92 Å². The van der Waals surface area contributed by atoms with Crippen LogP contribution in [-0.4, -0.2) is 28.9 Å². The first-order valence-corrected chi connectivity index (χ1v) is 4.52. The quantitative estimate of drug-likeness (QED) is 0.738. The zero-order valence-electron chi connectivity index (χ0n) is 7.62. The Labute approximate surface area is 81.6 Å². The van der Waals surface area contributed by atoms with Crippen molar-refractivity contribution >= 4 is 17.4 Å². The summed E-state index contributed by atoms with van der Waals surface area (Å²) in [5.41, 5.74) is -0.193. The third-order valence-electron chi connectivity index (χ3n) is 1.91. The maximum absolute atomic E-state index is 11.3. The number of anilines is 1. The number of alkyl halides is 1. The molecule has 0 fully saturated rings. The van der Waals surface area contributed by atoms with Gasteiger partial charge in [-0.25, -0.2) is 4.98 Å². The molecule has 1 aromatic heterocycles. The molecule has 72 valence electrons. The van der Waals surface area contributed by atoms with Crippen LogP contribution in [0.4, 0.5) is 5.82 Å². The van der Waals surface area contributed by atoms with Crippen LogP contribution in [0, 0.1) is 0 Å². The number of hydrogen-bond donors (Lipinski definition) is 1. The maximum Gasteiger partial charge on any atom is 0.290 e. The molecule has 0 aliphatic rings. The Morgan fingerprint density at radius 2 is 2.46 bits per heavy atom. The molecule has 13 heavy (non-hydrogen) atoms. The van der Waals surface area contributed by atoms with Crippen molar-refractivity contribution in [1.29, 1.82) is 0 Å². The molecule has 1 rings (SSSR count). The lowest BCUT2D eigenvalue weighted by molar-refractivity contribution is 0.742. The van der Waals surface area contributed by atoms with Crippen molar-refractivity contribution < 1.29 is 0 Å². The fraction of sp³-hybridized carbons (Fsp3) is 0.500. The summed E-state index contributed by atoms with van der Waals surface area (Å²) in [4.78, 5) is 19.6. The van der Waals surface area contributed by atoms with Gasteiger partial charge in [-0.3, -0.25) is 4.79 Å². The molecule has 0 spiro atoms. The summed E-state index contributed by atoms with van der Waals surface area (Å²) in [7, 11) is 1.80. The van der Waals surface area contributed by atoms with Gasteiger partial charge < -0.3 is 9.88 Å². The van der Waals surface area contributed by atoms with Gasteiger partial charge in [0.2, 0.25) is 0 Å². The van der Waals surface area contributed by atoms with Gasteiger partial charge in [0, 0.05) is 31.4 Å². The molecular formula is C8H12ClN3O. The van der Waals surface area contributed by atoms with E-state index >= 15 is 0 Å². The number of aromatic nitrogens is 2. The van der Waals surface area contributed by atoms with Crippen molar-refractivity contribution in [2.45, 2.75) is 13.0 Å². The summed E-state index contributed by atoms with van der Waals surface area (Å²) < 4.78 is 0. The third kappa shape index (κ3) is 2.21. The molecule has 1 N–H and O–H groups in total. The molecule has 5 heteroatoms. The molecule has 0 aliphatic carbocycles. The second-order valence-corrected chi connectivity index (χ2v) is 3.16. The lowest BCUT2D eigenvalue weighted by atomic mass is 10.3. The van der Waals surface area contributed by atoms with E-state index in [1.54, 1.807) is 18.1 Å². The normalized spacial score (nSPS) is 12.5. The first kappa shape index (κ1) is 10.1. The molecule has 1 atom stereocenters. The van der Waals surface area contributed by atoms with Gasteiger partial charge in [-0.05, 0) is 6.92 Å². The first-order chi connectivity index (χ1) is 6.16.